The maximum atomic E-state index is 12.3. The number of hydrogen-bond acceptors (Lipinski definition) is 4. The van der Waals surface area contributed by atoms with Crippen molar-refractivity contribution in [2.75, 3.05) is 10.0 Å². The Morgan fingerprint density at radius 1 is 0.909 bits per heavy atom. The number of carbonyl (C=O) groups excluding carboxylic acids is 1. The van der Waals surface area contributed by atoms with Gasteiger partial charge < -0.3 is 10.0 Å². The summed E-state index contributed by atoms with van der Waals surface area (Å²) in [4.78, 5) is 12.3. The van der Waals surface area contributed by atoms with E-state index in [0.29, 0.717) is 5.56 Å². The lowest BCUT2D eigenvalue weighted by atomic mass is 10.2. The molecule has 110 valence electrons. The summed E-state index contributed by atoms with van der Waals surface area (Å²) in [7, 11) is 0. The maximum Gasteiger partial charge on any atom is 0.255 e. The Labute approximate surface area is 137 Å². The highest BCUT2D eigenvalue weighted by Crippen LogP contribution is 2.25. The number of benzene rings is 2. The van der Waals surface area contributed by atoms with Crippen LogP contribution in [0.25, 0.3) is 0 Å². The molecule has 0 fully saturated rings. The first-order chi connectivity index (χ1) is 10.8. The number of nitrogens with one attached hydrogen (secondary N) is 2. The normalized spacial score (nSPS) is 10.2. The van der Waals surface area contributed by atoms with Gasteiger partial charge >= 0.3 is 0 Å². The summed E-state index contributed by atoms with van der Waals surface area (Å²) in [5.41, 5.74) is 2.32. The number of rotatable bonds is 5. The van der Waals surface area contributed by atoms with Crippen LogP contribution in [0, 0.1) is 0 Å². The molecule has 5 heteroatoms. The predicted octanol–water partition coefficient (Wildman–Crippen LogP) is 5.12. The Balaban J connectivity index is 1.66. The van der Waals surface area contributed by atoms with Crippen molar-refractivity contribution in [3.05, 3.63) is 77.7 Å². The minimum atomic E-state index is -0.115. The predicted molar refractivity (Wildman–Crippen MR) is 94.6 cm³/mol. The van der Waals surface area contributed by atoms with Crippen molar-refractivity contribution in [2.24, 2.45) is 0 Å². The van der Waals surface area contributed by atoms with Crippen LogP contribution in [0.2, 0.25) is 0 Å². The third kappa shape index (κ3) is 3.90. The van der Waals surface area contributed by atoms with Crippen LogP contribution in [-0.4, -0.2) is 5.91 Å². The zero-order chi connectivity index (χ0) is 15.2. The van der Waals surface area contributed by atoms with E-state index in [9.17, 15) is 4.79 Å². The number of hydrogen-bond donors (Lipinski definition) is 2. The van der Waals surface area contributed by atoms with Crippen LogP contribution in [0.15, 0.2) is 76.3 Å². The van der Waals surface area contributed by atoms with Gasteiger partial charge in [0.25, 0.3) is 5.91 Å². The average Bonchev–Trinajstić information content (AvgIpc) is 3.08. The molecular formula is C17H14N2OS2. The van der Waals surface area contributed by atoms with Crippen molar-refractivity contribution in [2.45, 2.75) is 4.21 Å². The van der Waals surface area contributed by atoms with Crippen molar-refractivity contribution >= 4 is 40.6 Å². The van der Waals surface area contributed by atoms with Crippen LogP contribution in [0.5, 0.6) is 0 Å². The van der Waals surface area contributed by atoms with Gasteiger partial charge in [0.15, 0.2) is 0 Å². The molecule has 2 N–H and O–H groups in total. The SMILES string of the molecule is O=C(Nc1ccccc1)c1cccc(NSc2cccs2)c1. The molecule has 3 nitrogen and oxygen atoms in total. The monoisotopic (exact) mass is 326 g/mol. The van der Waals surface area contributed by atoms with Gasteiger partial charge in [0, 0.05) is 16.9 Å². The lowest BCUT2D eigenvalue weighted by Crippen LogP contribution is -2.11. The zero-order valence-electron chi connectivity index (χ0n) is 11.7. The van der Waals surface area contributed by atoms with Crippen LogP contribution >= 0.6 is 23.3 Å². The number of thiophene rings is 1. The summed E-state index contributed by atoms with van der Waals surface area (Å²) in [5, 5.41) is 4.92. The largest absolute Gasteiger partial charge is 0.325 e. The van der Waals surface area contributed by atoms with Crippen LogP contribution in [-0.2, 0) is 0 Å². The Bertz CT molecular complexity index is 742. The molecule has 0 bridgehead atoms. The summed E-state index contributed by atoms with van der Waals surface area (Å²) >= 11 is 3.22. The minimum Gasteiger partial charge on any atom is -0.325 e. The van der Waals surface area contributed by atoms with Crippen molar-refractivity contribution in [3.8, 4) is 0 Å². The smallest absolute Gasteiger partial charge is 0.255 e. The highest BCUT2D eigenvalue weighted by atomic mass is 32.2. The molecule has 1 heterocycles. The third-order valence-corrected chi connectivity index (χ3v) is 4.80. The maximum absolute atomic E-state index is 12.3. The molecule has 0 aliphatic rings. The fourth-order valence-electron chi connectivity index (χ4n) is 1.88. The van der Waals surface area contributed by atoms with E-state index in [0.717, 1.165) is 11.4 Å². The molecule has 0 saturated carbocycles. The lowest BCUT2D eigenvalue weighted by Gasteiger charge is -2.08. The van der Waals surface area contributed by atoms with Crippen molar-refractivity contribution in [1.82, 2.24) is 0 Å². The molecule has 0 saturated heterocycles. The summed E-state index contributed by atoms with van der Waals surface area (Å²) < 4.78 is 4.43. The van der Waals surface area contributed by atoms with E-state index in [2.05, 4.69) is 10.0 Å². The Kier molecular flexibility index (Phi) is 4.78. The summed E-state index contributed by atoms with van der Waals surface area (Å²) in [6, 6.07) is 21.0. The first kappa shape index (κ1) is 14.7. The molecule has 1 aromatic heterocycles. The van der Waals surface area contributed by atoms with Gasteiger partial charge in [-0.05, 0) is 53.7 Å². The second kappa shape index (κ2) is 7.15. The molecular weight excluding hydrogens is 312 g/mol. The van der Waals surface area contributed by atoms with Gasteiger partial charge in [0.05, 0.1) is 4.21 Å². The molecule has 0 aliphatic heterocycles. The van der Waals surface area contributed by atoms with E-state index in [-0.39, 0.29) is 5.91 Å². The second-order valence-corrected chi connectivity index (χ2v) is 6.59. The van der Waals surface area contributed by atoms with E-state index in [1.54, 1.807) is 29.4 Å². The molecule has 0 unspecified atom stereocenters. The Morgan fingerprint density at radius 3 is 2.50 bits per heavy atom. The second-order valence-electron chi connectivity index (χ2n) is 4.54. The topological polar surface area (TPSA) is 41.1 Å². The highest BCUT2D eigenvalue weighted by molar-refractivity contribution is 8.02. The highest BCUT2D eigenvalue weighted by Gasteiger charge is 2.06. The fraction of sp³-hybridized carbons (Fsp3) is 0. The molecule has 1 amide bonds. The molecule has 0 radical (unpaired) electrons. The van der Waals surface area contributed by atoms with Crippen molar-refractivity contribution < 1.29 is 4.79 Å². The van der Waals surface area contributed by atoms with Crippen LogP contribution in [0.3, 0.4) is 0 Å². The van der Waals surface area contributed by atoms with E-state index in [1.165, 1.54) is 4.21 Å². The molecule has 0 spiro atoms. The molecule has 0 aliphatic carbocycles. The van der Waals surface area contributed by atoms with Gasteiger partial charge in [0.1, 0.15) is 0 Å². The first-order valence-corrected chi connectivity index (χ1v) is 8.44. The van der Waals surface area contributed by atoms with Gasteiger partial charge in [-0.3, -0.25) is 4.79 Å². The van der Waals surface area contributed by atoms with E-state index in [4.69, 9.17) is 0 Å². The van der Waals surface area contributed by atoms with Crippen LogP contribution in [0.4, 0.5) is 11.4 Å². The number of anilines is 2. The van der Waals surface area contributed by atoms with E-state index < -0.39 is 0 Å². The van der Waals surface area contributed by atoms with E-state index in [1.807, 2.05) is 66.0 Å². The van der Waals surface area contributed by atoms with Crippen molar-refractivity contribution in [1.29, 1.82) is 0 Å². The molecule has 0 atom stereocenters. The third-order valence-electron chi connectivity index (χ3n) is 2.92. The Hall–Kier alpha value is -2.24. The van der Waals surface area contributed by atoms with Crippen LogP contribution in [0.1, 0.15) is 10.4 Å². The minimum absolute atomic E-state index is 0.115. The van der Waals surface area contributed by atoms with Gasteiger partial charge in [-0.15, -0.1) is 11.3 Å². The van der Waals surface area contributed by atoms with Gasteiger partial charge in [-0.2, -0.15) is 0 Å². The zero-order valence-corrected chi connectivity index (χ0v) is 13.3. The van der Waals surface area contributed by atoms with Gasteiger partial charge in [-0.1, -0.05) is 30.3 Å². The molecule has 2 aromatic carbocycles. The quantitative estimate of drug-likeness (QED) is 0.639. The molecule has 22 heavy (non-hydrogen) atoms. The summed E-state index contributed by atoms with van der Waals surface area (Å²) in [6.45, 7) is 0. The molecule has 3 aromatic rings. The molecule has 3 rings (SSSR count). The number of para-hydroxylation sites is 1. The van der Waals surface area contributed by atoms with Crippen LogP contribution < -0.4 is 10.0 Å². The Morgan fingerprint density at radius 2 is 1.73 bits per heavy atom. The lowest BCUT2D eigenvalue weighted by molar-refractivity contribution is 0.102. The summed E-state index contributed by atoms with van der Waals surface area (Å²) in [5.74, 6) is -0.115. The summed E-state index contributed by atoms with van der Waals surface area (Å²) in [6.07, 6.45) is 0. The van der Waals surface area contributed by atoms with Crippen molar-refractivity contribution in [3.63, 3.8) is 0 Å². The number of amides is 1. The average molecular weight is 326 g/mol. The number of carbonyl (C=O) groups is 1. The van der Waals surface area contributed by atoms with E-state index >= 15 is 0 Å². The fourth-order valence-corrected chi connectivity index (χ4v) is 3.30. The van der Waals surface area contributed by atoms with Gasteiger partial charge in [-0.25, -0.2) is 0 Å². The van der Waals surface area contributed by atoms with Gasteiger partial charge in [0.2, 0.25) is 0 Å². The first-order valence-electron chi connectivity index (χ1n) is 6.74. The standard InChI is InChI=1S/C17H14N2OS2/c20-17(18-14-7-2-1-3-8-14)13-6-4-9-15(12-13)19-22-16-10-5-11-21-16/h1-12,19H,(H,18,20).